The van der Waals surface area contributed by atoms with Gasteiger partial charge in [-0.05, 0) is 84.6 Å². The highest BCUT2D eigenvalue weighted by molar-refractivity contribution is 6.68. The highest BCUT2D eigenvalue weighted by Gasteiger charge is 2.08. The molecule has 0 radical (unpaired) electrons. The third-order valence-electron chi connectivity index (χ3n) is 4.14. The van der Waals surface area contributed by atoms with E-state index in [9.17, 15) is 19.2 Å². The third kappa shape index (κ3) is 8.35. The largest absolute Gasteiger partial charge is 0.427 e. The van der Waals surface area contributed by atoms with Crippen molar-refractivity contribution in [1.29, 1.82) is 0 Å². The summed E-state index contributed by atoms with van der Waals surface area (Å²) in [5.41, 5.74) is 0.662. The summed E-state index contributed by atoms with van der Waals surface area (Å²) in [5.74, 6) is -0.0165. The Kier molecular flexibility index (Phi) is 9.51. The lowest BCUT2D eigenvalue weighted by Crippen LogP contribution is -2.08. The molecule has 0 unspecified atom stereocenters. The minimum absolute atomic E-state index is 0.256. The number of unbranched alkanes of at least 4 members (excludes halogenated alkanes) is 3. The zero-order valence-corrected chi connectivity index (χ0v) is 17.6. The van der Waals surface area contributed by atoms with Crippen molar-refractivity contribution >= 4 is 45.6 Å². The van der Waals surface area contributed by atoms with Gasteiger partial charge >= 0.3 is 11.9 Å². The van der Waals surface area contributed by atoms with Crippen LogP contribution in [0.2, 0.25) is 0 Å². The molecule has 0 atom stereocenters. The van der Waals surface area contributed by atoms with Gasteiger partial charge in [0.1, 0.15) is 11.5 Å². The van der Waals surface area contributed by atoms with E-state index in [-0.39, 0.29) is 24.8 Å². The molecule has 8 heteroatoms. The molecule has 0 N–H and O–H groups in total. The molecule has 158 valence electrons. The number of carbonyl (C=O) groups is 4. The molecule has 2 aromatic rings. The molecular formula is C22H20Cl2O6. The Balaban J connectivity index is 1.57. The van der Waals surface area contributed by atoms with E-state index < -0.39 is 10.5 Å². The first-order chi connectivity index (χ1) is 14.3. The van der Waals surface area contributed by atoms with Crippen molar-refractivity contribution in [3.05, 3.63) is 59.7 Å². The van der Waals surface area contributed by atoms with E-state index in [1.807, 2.05) is 0 Å². The highest BCUT2D eigenvalue weighted by atomic mass is 35.5. The number of rotatable bonds is 11. The highest BCUT2D eigenvalue weighted by Crippen LogP contribution is 2.17. The van der Waals surface area contributed by atoms with Crippen molar-refractivity contribution in [3.63, 3.8) is 0 Å². The quantitative estimate of drug-likeness (QED) is 0.200. The van der Waals surface area contributed by atoms with Gasteiger partial charge in [-0.3, -0.25) is 19.2 Å². The smallest absolute Gasteiger partial charge is 0.311 e. The summed E-state index contributed by atoms with van der Waals surface area (Å²) in [6, 6.07) is 12.0. The molecule has 6 nitrogen and oxygen atoms in total. The van der Waals surface area contributed by atoms with Crippen LogP contribution < -0.4 is 9.47 Å². The topological polar surface area (TPSA) is 86.7 Å². The summed E-state index contributed by atoms with van der Waals surface area (Å²) in [4.78, 5) is 45.6. The van der Waals surface area contributed by atoms with Gasteiger partial charge in [-0.2, -0.15) is 0 Å². The minimum Gasteiger partial charge on any atom is -0.427 e. The van der Waals surface area contributed by atoms with Crippen molar-refractivity contribution in [2.75, 3.05) is 0 Å². The number of esters is 2. The Morgan fingerprint density at radius 3 is 1.20 bits per heavy atom. The number of hydrogen-bond acceptors (Lipinski definition) is 6. The molecule has 0 aliphatic carbocycles. The summed E-state index contributed by atoms with van der Waals surface area (Å²) in [6.45, 7) is 0. The Labute approximate surface area is 184 Å². The average Bonchev–Trinajstić information content (AvgIpc) is 2.71. The van der Waals surface area contributed by atoms with Crippen molar-refractivity contribution in [1.82, 2.24) is 0 Å². The van der Waals surface area contributed by atoms with Crippen LogP contribution in [0.1, 0.15) is 59.2 Å². The fourth-order valence-electron chi connectivity index (χ4n) is 2.57. The van der Waals surface area contributed by atoms with Crippen LogP contribution in [0.25, 0.3) is 0 Å². The van der Waals surface area contributed by atoms with Crippen LogP contribution in [-0.2, 0) is 9.59 Å². The molecule has 0 aromatic heterocycles. The van der Waals surface area contributed by atoms with Gasteiger partial charge in [0.25, 0.3) is 10.5 Å². The van der Waals surface area contributed by atoms with Gasteiger partial charge in [0, 0.05) is 24.0 Å². The number of ether oxygens (including phenoxy) is 2. The summed E-state index contributed by atoms with van der Waals surface area (Å²) in [7, 11) is 0. The van der Waals surface area contributed by atoms with Gasteiger partial charge in [-0.25, -0.2) is 0 Å². The molecule has 2 aromatic carbocycles. The molecule has 0 heterocycles. The van der Waals surface area contributed by atoms with Crippen LogP contribution in [0.3, 0.4) is 0 Å². The molecular weight excluding hydrogens is 431 g/mol. The summed E-state index contributed by atoms with van der Waals surface area (Å²) in [6.07, 6.45) is 3.34. The predicted octanol–water partition coefficient (Wildman–Crippen LogP) is 5.30. The van der Waals surface area contributed by atoms with Gasteiger partial charge in [0.2, 0.25) is 0 Å². The van der Waals surface area contributed by atoms with E-state index in [0.29, 0.717) is 35.5 Å². The fraction of sp³-hybridized carbons (Fsp3) is 0.273. The lowest BCUT2D eigenvalue weighted by Gasteiger charge is -2.06. The van der Waals surface area contributed by atoms with E-state index in [4.69, 9.17) is 32.7 Å². The molecule has 0 saturated heterocycles. The Morgan fingerprint density at radius 2 is 0.900 bits per heavy atom. The second-order valence-corrected chi connectivity index (χ2v) is 7.15. The molecule has 0 bridgehead atoms. The first kappa shape index (κ1) is 23.6. The van der Waals surface area contributed by atoms with E-state index in [1.54, 1.807) is 0 Å². The maximum atomic E-state index is 11.8. The van der Waals surface area contributed by atoms with Crippen LogP contribution >= 0.6 is 23.2 Å². The summed E-state index contributed by atoms with van der Waals surface area (Å²) < 4.78 is 10.4. The summed E-state index contributed by atoms with van der Waals surface area (Å²) >= 11 is 10.7. The van der Waals surface area contributed by atoms with Crippen LogP contribution in [0.15, 0.2) is 48.5 Å². The first-order valence-electron chi connectivity index (χ1n) is 9.36. The maximum Gasteiger partial charge on any atom is 0.311 e. The lowest BCUT2D eigenvalue weighted by molar-refractivity contribution is -0.135. The predicted molar refractivity (Wildman–Crippen MR) is 112 cm³/mol. The number of carbonyl (C=O) groups excluding carboxylic acids is 4. The Bertz CT molecular complexity index is 815. The number of halogens is 2. The molecule has 30 heavy (non-hydrogen) atoms. The molecule has 0 fully saturated rings. The van der Waals surface area contributed by atoms with E-state index in [2.05, 4.69) is 0 Å². The fourth-order valence-corrected chi connectivity index (χ4v) is 2.82. The maximum absolute atomic E-state index is 11.8. The normalized spacial score (nSPS) is 10.3. The SMILES string of the molecule is O=C(CCCCCCC(=O)Oc1ccc(C(=O)Cl)cc1)Oc1ccc(C(=O)Cl)cc1. The van der Waals surface area contributed by atoms with E-state index >= 15 is 0 Å². The molecule has 0 amide bonds. The van der Waals surface area contributed by atoms with Crippen molar-refractivity contribution in [2.24, 2.45) is 0 Å². The van der Waals surface area contributed by atoms with Gasteiger partial charge < -0.3 is 9.47 Å². The van der Waals surface area contributed by atoms with Crippen LogP contribution in [0.5, 0.6) is 11.5 Å². The Morgan fingerprint density at radius 1 is 0.567 bits per heavy atom. The third-order valence-corrected chi connectivity index (χ3v) is 4.57. The van der Waals surface area contributed by atoms with Crippen LogP contribution in [0.4, 0.5) is 0 Å². The summed E-state index contributed by atoms with van der Waals surface area (Å²) in [5, 5.41) is -1.14. The van der Waals surface area contributed by atoms with Crippen molar-refractivity contribution in [2.45, 2.75) is 38.5 Å². The first-order valence-corrected chi connectivity index (χ1v) is 10.1. The van der Waals surface area contributed by atoms with Crippen LogP contribution in [-0.4, -0.2) is 22.4 Å². The minimum atomic E-state index is -0.572. The number of hydrogen-bond donors (Lipinski definition) is 0. The molecule has 0 aliphatic heterocycles. The average molecular weight is 451 g/mol. The monoisotopic (exact) mass is 450 g/mol. The van der Waals surface area contributed by atoms with Gasteiger partial charge in [0.05, 0.1) is 0 Å². The second kappa shape index (κ2) is 12.1. The molecule has 0 saturated carbocycles. The lowest BCUT2D eigenvalue weighted by atomic mass is 10.1. The molecule has 2 rings (SSSR count). The van der Waals surface area contributed by atoms with Crippen molar-refractivity contribution < 1.29 is 28.7 Å². The van der Waals surface area contributed by atoms with E-state index in [1.165, 1.54) is 48.5 Å². The van der Waals surface area contributed by atoms with E-state index in [0.717, 1.165) is 12.8 Å². The zero-order chi connectivity index (χ0) is 21.9. The van der Waals surface area contributed by atoms with Gasteiger partial charge in [0.15, 0.2) is 0 Å². The number of benzene rings is 2. The second-order valence-electron chi connectivity index (χ2n) is 6.46. The zero-order valence-electron chi connectivity index (χ0n) is 16.1. The van der Waals surface area contributed by atoms with Crippen molar-refractivity contribution in [3.8, 4) is 11.5 Å². The van der Waals surface area contributed by atoms with Gasteiger partial charge in [-0.1, -0.05) is 12.8 Å². The van der Waals surface area contributed by atoms with Gasteiger partial charge in [-0.15, -0.1) is 0 Å². The molecule has 0 spiro atoms. The molecule has 0 aliphatic rings. The standard InChI is InChI=1S/C22H20Cl2O6/c23-21(27)15-7-11-17(12-8-15)29-19(25)5-3-1-2-4-6-20(26)30-18-13-9-16(10-14-18)22(24)28/h7-14H,1-6H2. The van der Waals surface area contributed by atoms with Crippen LogP contribution in [0, 0.1) is 0 Å². The Hall–Kier alpha value is -2.70.